The maximum atomic E-state index is 13.6. The number of fused-ring (bicyclic) bond motifs is 1. The molecule has 1 amide bonds. The minimum absolute atomic E-state index is 0.0128. The summed E-state index contributed by atoms with van der Waals surface area (Å²) in [7, 11) is 0. The fourth-order valence-corrected chi connectivity index (χ4v) is 5.15. The molecule has 3 aromatic rings. The molecule has 0 atom stereocenters. The number of alkyl halides is 3. The maximum Gasteiger partial charge on any atom is 0.416 e. The number of aryl methyl sites for hydroxylation is 1. The Morgan fingerprint density at radius 3 is 2.69 bits per heavy atom. The first-order valence-corrected chi connectivity index (χ1v) is 12.5. The smallest absolute Gasteiger partial charge is 0.376 e. The Morgan fingerprint density at radius 1 is 1.17 bits per heavy atom. The topological polar surface area (TPSA) is 48.5 Å². The number of carbonyl (C=O) groups excluding carboxylic acids is 1. The molecule has 2 heterocycles. The quantitative estimate of drug-likeness (QED) is 0.443. The Hall–Kier alpha value is -2.91. The third kappa shape index (κ3) is 6.21. The van der Waals surface area contributed by atoms with Crippen molar-refractivity contribution in [3.63, 3.8) is 0 Å². The lowest BCUT2D eigenvalue weighted by Gasteiger charge is -2.30. The summed E-state index contributed by atoms with van der Waals surface area (Å²) >= 11 is 1.40. The van der Waals surface area contributed by atoms with Crippen molar-refractivity contribution in [2.75, 3.05) is 25.0 Å². The summed E-state index contributed by atoms with van der Waals surface area (Å²) in [4.78, 5) is 21.5. The lowest BCUT2D eigenvalue weighted by atomic mass is 9.98. The molecule has 186 valence electrons. The zero-order valence-corrected chi connectivity index (χ0v) is 20.7. The Kier molecular flexibility index (Phi) is 7.76. The van der Waals surface area contributed by atoms with Crippen LogP contribution in [0.3, 0.4) is 0 Å². The van der Waals surface area contributed by atoms with Crippen molar-refractivity contribution >= 4 is 22.9 Å². The number of anilines is 1. The van der Waals surface area contributed by atoms with Crippen molar-refractivity contribution in [2.24, 2.45) is 0 Å². The van der Waals surface area contributed by atoms with Crippen LogP contribution in [0, 0.1) is 6.92 Å². The van der Waals surface area contributed by atoms with E-state index in [1.807, 2.05) is 24.4 Å². The highest BCUT2D eigenvalue weighted by molar-refractivity contribution is 7.09. The van der Waals surface area contributed by atoms with Gasteiger partial charge in [-0.1, -0.05) is 37.3 Å². The van der Waals surface area contributed by atoms with Gasteiger partial charge in [-0.05, 0) is 48.7 Å². The SMILES string of the molecule is CCN1CCc2cccc(NCC(=O)N(Cc3nc(C)cs3)Cc3ccccc3C(F)(F)F)c2C1. The summed E-state index contributed by atoms with van der Waals surface area (Å²) in [5.74, 6) is -0.282. The number of hydrogen-bond acceptors (Lipinski definition) is 5. The number of hydrogen-bond donors (Lipinski definition) is 1. The Bertz CT molecular complexity index is 1180. The van der Waals surface area contributed by atoms with Gasteiger partial charge in [0.25, 0.3) is 0 Å². The van der Waals surface area contributed by atoms with Crippen LogP contribution in [-0.4, -0.2) is 40.3 Å². The Morgan fingerprint density at radius 2 is 1.97 bits per heavy atom. The second kappa shape index (κ2) is 10.8. The van der Waals surface area contributed by atoms with Crippen molar-refractivity contribution in [1.29, 1.82) is 0 Å². The first-order chi connectivity index (χ1) is 16.7. The minimum Gasteiger partial charge on any atom is -0.376 e. The van der Waals surface area contributed by atoms with Crippen LogP contribution in [0.4, 0.5) is 18.9 Å². The van der Waals surface area contributed by atoms with Crippen LogP contribution in [0.15, 0.2) is 47.8 Å². The minimum atomic E-state index is -4.49. The summed E-state index contributed by atoms with van der Waals surface area (Å²) in [6, 6.07) is 11.5. The molecular formula is C26H29F3N4OS. The van der Waals surface area contributed by atoms with Gasteiger partial charge in [0.05, 0.1) is 18.7 Å². The summed E-state index contributed by atoms with van der Waals surface area (Å²) in [6.07, 6.45) is -3.54. The van der Waals surface area contributed by atoms with Crippen LogP contribution in [0.1, 0.15) is 39.9 Å². The number of nitrogens with zero attached hydrogens (tertiary/aromatic N) is 3. The van der Waals surface area contributed by atoms with Gasteiger partial charge in [-0.15, -0.1) is 11.3 Å². The zero-order chi connectivity index (χ0) is 25.0. The van der Waals surface area contributed by atoms with Gasteiger partial charge in [0.15, 0.2) is 0 Å². The number of amides is 1. The zero-order valence-electron chi connectivity index (χ0n) is 19.9. The van der Waals surface area contributed by atoms with Crippen molar-refractivity contribution in [3.8, 4) is 0 Å². The highest BCUT2D eigenvalue weighted by atomic mass is 32.1. The van der Waals surface area contributed by atoms with Gasteiger partial charge in [-0.2, -0.15) is 13.2 Å². The van der Waals surface area contributed by atoms with Crippen LogP contribution in [0.5, 0.6) is 0 Å². The molecule has 0 unspecified atom stereocenters. The molecule has 2 aromatic carbocycles. The van der Waals surface area contributed by atoms with Gasteiger partial charge in [-0.25, -0.2) is 4.98 Å². The molecule has 1 aliphatic heterocycles. The standard InChI is InChI=1S/C26H29F3N4OS/c1-3-32-12-11-19-8-6-10-23(21(19)15-32)30-13-25(34)33(16-24-31-18(2)17-35-24)14-20-7-4-5-9-22(20)26(27,28)29/h4-10,17,30H,3,11-16H2,1-2H3. The molecule has 0 saturated carbocycles. The van der Waals surface area contributed by atoms with Gasteiger partial charge in [0, 0.05) is 36.4 Å². The van der Waals surface area contributed by atoms with Crippen LogP contribution in [0.25, 0.3) is 0 Å². The van der Waals surface area contributed by atoms with E-state index in [9.17, 15) is 18.0 Å². The second-order valence-electron chi connectivity index (χ2n) is 8.70. The Balaban J connectivity index is 1.54. The predicted octanol–water partition coefficient (Wildman–Crippen LogP) is 5.49. The fourth-order valence-electron chi connectivity index (χ4n) is 4.37. The molecule has 0 fully saturated rings. The molecule has 35 heavy (non-hydrogen) atoms. The third-order valence-corrected chi connectivity index (χ3v) is 7.21. The summed E-state index contributed by atoms with van der Waals surface area (Å²) < 4.78 is 40.8. The molecule has 0 bridgehead atoms. The van der Waals surface area contributed by atoms with Crippen molar-refractivity contribution in [1.82, 2.24) is 14.8 Å². The second-order valence-corrected chi connectivity index (χ2v) is 9.65. The first kappa shape index (κ1) is 25.2. The van der Waals surface area contributed by atoms with E-state index < -0.39 is 11.7 Å². The Labute approximate surface area is 207 Å². The molecule has 0 spiro atoms. The average molecular weight is 503 g/mol. The molecule has 1 aromatic heterocycles. The first-order valence-electron chi connectivity index (χ1n) is 11.7. The van der Waals surface area contributed by atoms with Crippen molar-refractivity contribution in [3.05, 3.63) is 80.8 Å². The molecule has 5 nitrogen and oxygen atoms in total. The molecule has 1 N–H and O–H groups in total. The van der Waals surface area contributed by atoms with E-state index in [4.69, 9.17) is 0 Å². The van der Waals surface area contributed by atoms with E-state index in [1.54, 1.807) is 6.07 Å². The van der Waals surface area contributed by atoms with Crippen LogP contribution >= 0.6 is 11.3 Å². The number of thiazole rings is 1. The van der Waals surface area contributed by atoms with Crippen LogP contribution in [0.2, 0.25) is 0 Å². The molecule has 0 radical (unpaired) electrons. The van der Waals surface area contributed by atoms with Crippen molar-refractivity contribution < 1.29 is 18.0 Å². The van der Waals surface area contributed by atoms with E-state index in [-0.39, 0.29) is 31.1 Å². The normalized spacial score (nSPS) is 14.0. The average Bonchev–Trinajstić information content (AvgIpc) is 3.25. The lowest BCUT2D eigenvalue weighted by molar-refractivity contribution is -0.139. The van der Waals surface area contributed by atoms with Crippen LogP contribution in [-0.2, 0) is 37.0 Å². The largest absolute Gasteiger partial charge is 0.416 e. The number of nitrogens with one attached hydrogen (secondary N) is 1. The molecule has 4 rings (SSSR count). The molecule has 9 heteroatoms. The van der Waals surface area contributed by atoms with Gasteiger partial charge < -0.3 is 10.2 Å². The highest BCUT2D eigenvalue weighted by Crippen LogP contribution is 2.33. The number of rotatable bonds is 8. The van der Waals surface area contributed by atoms with E-state index >= 15 is 0 Å². The van der Waals surface area contributed by atoms with Gasteiger partial charge >= 0.3 is 6.18 Å². The number of halogens is 3. The number of carbonyl (C=O) groups is 1. The summed E-state index contributed by atoms with van der Waals surface area (Å²) in [6.45, 7) is 6.74. The monoisotopic (exact) mass is 502 g/mol. The van der Waals surface area contributed by atoms with Crippen LogP contribution < -0.4 is 5.32 Å². The number of benzene rings is 2. The highest BCUT2D eigenvalue weighted by Gasteiger charge is 2.33. The maximum absolute atomic E-state index is 13.6. The van der Waals surface area contributed by atoms with E-state index in [0.717, 1.165) is 43.5 Å². The van der Waals surface area contributed by atoms with Gasteiger partial charge in [-0.3, -0.25) is 9.69 Å². The van der Waals surface area contributed by atoms with Crippen molar-refractivity contribution in [2.45, 2.75) is 46.1 Å². The third-order valence-electron chi connectivity index (χ3n) is 6.26. The lowest BCUT2D eigenvalue weighted by Crippen LogP contribution is -2.36. The summed E-state index contributed by atoms with van der Waals surface area (Å²) in [5.41, 5.74) is 3.51. The van der Waals surface area contributed by atoms with Gasteiger partial charge in [0.1, 0.15) is 5.01 Å². The molecule has 0 aliphatic carbocycles. The molecular weight excluding hydrogens is 473 g/mol. The number of aromatic nitrogens is 1. The predicted molar refractivity (Wildman–Crippen MR) is 132 cm³/mol. The van der Waals surface area contributed by atoms with E-state index in [1.165, 1.54) is 39.5 Å². The van der Waals surface area contributed by atoms with Gasteiger partial charge in [0.2, 0.25) is 5.91 Å². The fraction of sp³-hybridized carbons (Fsp3) is 0.385. The van der Waals surface area contributed by atoms with E-state index in [0.29, 0.717) is 5.01 Å². The number of likely N-dealkylation sites (N-methyl/N-ethyl adjacent to an activating group) is 1. The molecule has 1 aliphatic rings. The molecule has 0 saturated heterocycles. The van der Waals surface area contributed by atoms with E-state index in [2.05, 4.69) is 28.2 Å². The summed E-state index contributed by atoms with van der Waals surface area (Å²) in [5, 5.41) is 5.82.